The zero-order chi connectivity index (χ0) is 5.11. The number of halogens is 2. The van der Waals surface area contributed by atoms with E-state index in [-0.39, 0.29) is 30.1 Å². The molecular formula is C3H6Cl2N2OS. The smallest absolute Gasteiger partial charge is 0.301 e. The highest BCUT2D eigenvalue weighted by Crippen LogP contribution is 2.03. The monoisotopic (exact) mass is 188 g/mol. The Kier molecular flexibility index (Phi) is 7.89. The van der Waals surface area contributed by atoms with Crippen LogP contribution in [0.3, 0.4) is 0 Å². The largest absolute Gasteiger partial charge is 0.305 e. The van der Waals surface area contributed by atoms with Crippen LogP contribution in [0, 0.1) is 0 Å². The normalized spacial score (nSPS) is 14.0. The summed E-state index contributed by atoms with van der Waals surface area (Å²) in [6.45, 7) is 0. The number of hydrazine groups is 1. The van der Waals surface area contributed by atoms with E-state index < -0.39 is 0 Å². The summed E-state index contributed by atoms with van der Waals surface area (Å²) >= 11 is 1.12. The molecule has 6 heteroatoms. The molecule has 0 unspecified atom stereocenters. The second-order valence-corrected chi connectivity index (χ2v) is 1.86. The Bertz CT molecular complexity index is 118. The Morgan fingerprint density at radius 2 is 2.11 bits per heavy atom. The molecule has 54 valence electrons. The predicted octanol–water partition coefficient (Wildman–Crippen LogP) is 1.26. The van der Waals surface area contributed by atoms with Gasteiger partial charge in [0, 0.05) is 6.20 Å². The fourth-order valence-electron chi connectivity index (χ4n) is 0.260. The van der Waals surface area contributed by atoms with Crippen LogP contribution in [0.25, 0.3) is 0 Å². The molecule has 1 heterocycles. The van der Waals surface area contributed by atoms with Crippen LogP contribution >= 0.6 is 36.6 Å². The molecule has 1 aliphatic heterocycles. The van der Waals surface area contributed by atoms with Gasteiger partial charge in [-0.3, -0.25) is 10.2 Å². The lowest BCUT2D eigenvalue weighted by Gasteiger charge is -2.04. The van der Waals surface area contributed by atoms with Crippen molar-refractivity contribution in [2.45, 2.75) is 0 Å². The third kappa shape index (κ3) is 4.44. The number of rotatable bonds is 0. The summed E-state index contributed by atoms with van der Waals surface area (Å²) in [5.74, 6) is 0. The topological polar surface area (TPSA) is 41.1 Å². The number of hydrogen-bond acceptors (Lipinski definition) is 3. The Balaban J connectivity index is 0. The van der Waals surface area contributed by atoms with Gasteiger partial charge in [0.05, 0.1) is 0 Å². The van der Waals surface area contributed by atoms with E-state index in [1.54, 1.807) is 11.6 Å². The lowest BCUT2D eigenvalue weighted by atomic mass is 11.0. The molecule has 1 aliphatic rings. The van der Waals surface area contributed by atoms with Crippen molar-refractivity contribution in [2.24, 2.45) is 0 Å². The maximum Gasteiger partial charge on any atom is 0.301 e. The predicted molar refractivity (Wildman–Crippen MR) is 42.9 cm³/mol. The molecule has 1 amide bonds. The van der Waals surface area contributed by atoms with Gasteiger partial charge in [0.1, 0.15) is 0 Å². The van der Waals surface area contributed by atoms with Crippen LogP contribution in [-0.2, 0) is 0 Å². The quantitative estimate of drug-likeness (QED) is 0.602. The molecule has 0 aromatic carbocycles. The molecule has 2 N–H and O–H groups in total. The third-order valence-corrected chi connectivity index (χ3v) is 1.09. The molecule has 0 spiro atoms. The molecule has 0 atom stereocenters. The molecular weight excluding hydrogens is 183 g/mol. The second kappa shape index (κ2) is 6.07. The average Bonchev–Trinajstić information content (AvgIpc) is 1.69. The molecule has 0 radical (unpaired) electrons. The van der Waals surface area contributed by atoms with E-state index in [0.717, 1.165) is 11.8 Å². The first kappa shape index (κ1) is 11.7. The van der Waals surface area contributed by atoms with E-state index in [1.165, 1.54) is 0 Å². The summed E-state index contributed by atoms with van der Waals surface area (Å²) in [4.78, 5) is 10.2. The standard InChI is InChI=1S/C3H4N2OS.2ClH/c6-3-5-4-1-2-7-3;;/h1-2,4H,(H,5,6);2*1H. The number of hydrogen-bond donors (Lipinski definition) is 2. The number of nitrogens with one attached hydrogen (secondary N) is 2. The summed E-state index contributed by atoms with van der Waals surface area (Å²) in [6.07, 6.45) is 1.66. The van der Waals surface area contributed by atoms with Crippen LogP contribution in [0.15, 0.2) is 11.6 Å². The van der Waals surface area contributed by atoms with Crippen molar-refractivity contribution in [2.75, 3.05) is 0 Å². The number of amides is 1. The van der Waals surface area contributed by atoms with Crippen LogP contribution in [0.5, 0.6) is 0 Å². The summed E-state index contributed by atoms with van der Waals surface area (Å²) in [7, 11) is 0. The van der Waals surface area contributed by atoms with Gasteiger partial charge in [-0.25, -0.2) is 0 Å². The highest BCUT2D eigenvalue weighted by Gasteiger charge is 1.97. The maximum absolute atomic E-state index is 10.2. The summed E-state index contributed by atoms with van der Waals surface area (Å²) < 4.78 is 0. The lowest BCUT2D eigenvalue weighted by molar-refractivity contribution is 0.258. The van der Waals surface area contributed by atoms with Gasteiger partial charge < -0.3 is 5.43 Å². The number of thioether (sulfide) groups is 1. The summed E-state index contributed by atoms with van der Waals surface area (Å²) in [5.41, 5.74) is 4.90. The van der Waals surface area contributed by atoms with Gasteiger partial charge >= 0.3 is 5.24 Å². The van der Waals surface area contributed by atoms with Crippen molar-refractivity contribution in [3.8, 4) is 0 Å². The fraction of sp³-hybridized carbons (Fsp3) is 0. The number of carbonyl (C=O) groups excluding carboxylic acids is 1. The van der Waals surface area contributed by atoms with Crippen LogP contribution in [0.4, 0.5) is 4.79 Å². The maximum atomic E-state index is 10.2. The molecule has 9 heavy (non-hydrogen) atoms. The zero-order valence-corrected chi connectivity index (χ0v) is 6.74. The molecule has 0 aliphatic carbocycles. The van der Waals surface area contributed by atoms with Crippen molar-refractivity contribution in [1.29, 1.82) is 0 Å². The molecule has 0 saturated carbocycles. The van der Waals surface area contributed by atoms with Crippen molar-refractivity contribution in [3.05, 3.63) is 11.6 Å². The van der Waals surface area contributed by atoms with Crippen molar-refractivity contribution in [1.82, 2.24) is 10.9 Å². The van der Waals surface area contributed by atoms with Gasteiger partial charge in [-0.2, -0.15) is 0 Å². The molecule has 0 fully saturated rings. The molecule has 0 saturated heterocycles. The molecule has 3 nitrogen and oxygen atoms in total. The SMILES string of the molecule is Cl.Cl.O=C1NNC=CS1. The highest BCUT2D eigenvalue weighted by atomic mass is 35.5. The Labute approximate surface area is 69.4 Å². The summed E-state index contributed by atoms with van der Waals surface area (Å²) in [6, 6.07) is 0. The Hall–Kier alpha value is -0.0600. The van der Waals surface area contributed by atoms with Crippen molar-refractivity contribution < 1.29 is 4.79 Å². The van der Waals surface area contributed by atoms with Gasteiger partial charge in [0.15, 0.2) is 0 Å². The first-order chi connectivity index (χ1) is 3.39. The van der Waals surface area contributed by atoms with Crippen molar-refractivity contribution in [3.63, 3.8) is 0 Å². The van der Waals surface area contributed by atoms with E-state index in [4.69, 9.17) is 0 Å². The lowest BCUT2D eigenvalue weighted by Crippen LogP contribution is -2.32. The summed E-state index contributed by atoms with van der Waals surface area (Å²) in [5, 5.41) is 1.61. The number of carbonyl (C=O) groups is 1. The first-order valence-corrected chi connectivity index (χ1v) is 2.65. The van der Waals surface area contributed by atoms with Gasteiger partial charge in [-0.15, -0.1) is 24.8 Å². The minimum absolute atomic E-state index is 0. The second-order valence-electron chi connectivity index (χ2n) is 0.977. The zero-order valence-electron chi connectivity index (χ0n) is 4.29. The van der Waals surface area contributed by atoms with Gasteiger partial charge in [0.25, 0.3) is 0 Å². The third-order valence-electron chi connectivity index (χ3n) is 0.501. The molecule has 0 bridgehead atoms. The molecule has 1 rings (SSSR count). The molecule has 0 aromatic heterocycles. The van der Waals surface area contributed by atoms with E-state index >= 15 is 0 Å². The average molecular weight is 189 g/mol. The van der Waals surface area contributed by atoms with Gasteiger partial charge in [-0.05, 0) is 17.2 Å². The minimum Gasteiger partial charge on any atom is -0.305 e. The van der Waals surface area contributed by atoms with Crippen LogP contribution in [-0.4, -0.2) is 5.24 Å². The van der Waals surface area contributed by atoms with E-state index in [2.05, 4.69) is 10.9 Å². The van der Waals surface area contributed by atoms with Crippen LogP contribution < -0.4 is 10.9 Å². The minimum atomic E-state index is -0.0671. The Morgan fingerprint density at radius 1 is 1.44 bits per heavy atom. The van der Waals surface area contributed by atoms with Gasteiger partial charge in [0.2, 0.25) is 0 Å². The van der Waals surface area contributed by atoms with Crippen LogP contribution in [0.2, 0.25) is 0 Å². The Morgan fingerprint density at radius 3 is 2.33 bits per heavy atom. The highest BCUT2D eigenvalue weighted by molar-refractivity contribution is 8.16. The fourth-order valence-corrected chi connectivity index (χ4v) is 0.637. The first-order valence-electron chi connectivity index (χ1n) is 1.77. The van der Waals surface area contributed by atoms with Crippen LogP contribution in [0.1, 0.15) is 0 Å². The molecule has 0 aromatic rings. The van der Waals surface area contributed by atoms with E-state index in [9.17, 15) is 4.79 Å². The van der Waals surface area contributed by atoms with Crippen molar-refractivity contribution >= 4 is 41.8 Å². The van der Waals surface area contributed by atoms with E-state index in [0.29, 0.717) is 0 Å². The van der Waals surface area contributed by atoms with E-state index in [1.807, 2.05) is 0 Å². The van der Waals surface area contributed by atoms with Gasteiger partial charge in [-0.1, -0.05) is 0 Å².